The summed E-state index contributed by atoms with van der Waals surface area (Å²) in [4.78, 5) is 13.1. The van der Waals surface area contributed by atoms with Gasteiger partial charge in [0.05, 0.1) is 5.56 Å². The first-order chi connectivity index (χ1) is 9.36. The molecule has 1 fully saturated rings. The molecular formula is C12H18N2O4S2. The molecule has 1 unspecified atom stereocenters. The van der Waals surface area contributed by atoms with Crippen LogP contribution in [0.1, 0.15) is 24.2 Å². The maximum Gasteiger partial charge on any atom is 0.336 e. The van der Waals surface area contributed by atoms with Gasteiger partial charge < -0.3 is 5.11 Å². The molecule has 0 bridgehead atoms. The molecule has 2 heterocycles. The molecule has 1 atom stereocenters. The molecule has 0 spiro atoms. The molecule has 1 aromatic rings. The third-order valence-corrected chi connectivity index (χ3v) is 6.83. The first-order valence-electron chi connectivity index (χ1n) is 6.42. The predicted octanol–water partition coefficient (Wildman–Crippen LogP) is 1.16. The average molecular weight is 318 g/mol. The van der Waals surface area contributed by atoms with E-state index in [2.05, 4.69) is 11.8 Å². The van der Waals surface area contributed by atoms with Gasteiger partial charge in [0.1, 0.15) is 4.21 Å². The number of rotatable bonds is 4. The largest absolute Gasteiger partial charge is 0.478 e. The van der Waals surface area contributed by atoms with E-state index < -0.39 is 16.0 Å². The maximum absolute atomic E-state index is 12.5. The molecule has 112 valence electrons. The number of thiophene rings is 1. The van der Waals surface area contributed by atoms with Crippen LogP contribution < -0.4 is 0 Å². The number of carboxylic acids is 1. The Balaban J connectivity index is 2.20. The summed E-state index contributed by atoms with van der Waals surface area (Å²) in [7, 11) is -3.58. The number of hydrogen-bond donors (Lipinski definition) is 1. The second kappa shape index (κ2) is 5.80. The number of likely N-dealkylation sites (N-methyl/N-ethyl adjacent to an activating group) is 1. The Morgan fingerprint density at radius 2 is 2.20 bits per heavy atom. The Hall–Kier alpha value is -0.960. The first kappa shape index (κ1) is 15.4. The molecule has 2 rings (SSSR count). The zero-order valence-electron chi connectivity index (χ0n) is 11.4. The Morgan fingerprint density at radius 3 is 2.70 bits per heavy atom. The fraction of sp³-hybridized carbons (Fsp3) is 0.583. The van der Waals surface area contributed by atoms with Gasteiger partial charge in [-0.3, -0.25) is 4.90 Å². The van der Waals surface area contributed by atoms with E-state index in [-0.39, 0.29) is 15.8 Å². The molecule has 0 amide bonds. The van der Waals surface area contributed by atoms with E-state index in [9.17, 15) is 13.2 Å². The van der Waals surface area contributed by atoms with E-state index in [1.54, 1.807) is 0 Å². The monoisotopic (exact) mass is 318 g/mol. The predicted molar refractivity (Wildman–Crippen MR) is 76.7 cm³/mol. The molecule has 6 nitrogen and oxygen atoms in total. The molecule has 8 heteroatoms. The minimum atomic E-state index is -3.58. The third kappa shape index (κ3) is 2.88. The van der Waals surface area contributed by atoms with Crippen LogP contribution in [0.15, 0.2) is 15.7 Å². The van der Waals surface area contributed by atoms with Crippen LogP contribution in [-0.2, 0) is 10.0 Å². The van der Waals surface area contributed by atoms with Gasteiger partial charge >= 0.3 is 5.97 Å². The van der Waals surface area contributed by atoms with Gasteiger partial charge in [-0.2, -0.15) is 4.31 Å². The van der Waals surface area contributed by atoms with Crippen LogP contribution in [0.2, 0.25) is 0 Å². The molecule has 1 aliphatic rings. The fourth-order valence-electron chi connectivity index (χ4n) is 2.34. The highest BCUT2D eigenvalue weighted by Gasteiger charge is 2.32. The number of hydrogen-bond acceptors (Lipinski definition) is 5. The van der Waals surface area contributed by atoms with Gasteiger partial charge in [-0.25, -0.2) is 13.2 Å². The number of sulfonamides is 1. The van der Waals surface area contributed by atoms with E-state index in [0.29, 0.717) is 19.6 Å². The number of nitrogens with zero attached hydrogens (tertiary/aromatic N) is 2. The quantitative estimate of drug-likeness (QED) is 0.901. The summed E-state index contributed by atoms with van der Waals surface area (Å²) in [6.45, 7) is 6.55. The topological polar surface area (TPSA) is 77.9 Å². The summed E-state index contributed by atoms with van der Waals surface area (Å²) < 4.78 is 26.5. The van der Waals surface area contributed by atoms with Crippen molar-refractivity contribution in [3.05, 3.63) is 17.0 Å². The minimum absolute atomic E-state index is 0.0221. The number of aromatic carboxylic acids is 1. The average Bonchev–Trinajstić information content (AvgIpc) is 2.89. The van der Waals surface area contributed by atoms with Crippen LogP contribution in [-0.4, -0.2) is 60.9 Å². The van der Waals surface area contributed by atoms with Gasteiger partial charge in [-0.15, -0.1) is 11.3 Å². The van der Waals surface area contributed by atoms with Crippen molar-refractivity contribution in [3.8, 4) is 0 Å². The van der Waals surface area contributed by atoms with Gasteiger partial charge in [0.25, 0.3) is 10.0 Å². The third-order valence-electron chi connectivity index (χ3n) is 3.55. The Morgan fingerprint density at radius 1 is 1.50 bits per heavy atom. The Labute approximate surface area is 122 Å². The second-order valence-electron chi connectivity index (χ2n) is 4.80. The van der Waals surface area contributed by atoms with Gasteiger partial charge in [0.2, 0.25) is 0 Å². The standard InChI is InChI=1S/C12H18N2O4S2/c1-3-13-4-5-14(7-9(13)2)20(17,18)11-6-10(8-19-11)12(15)16/h6,8-9H,3-5,7H2,1-2H3,(H,15,16). The van der Waals surface area contributed by atoms with Crippen molar-refractivity contribution in [1.29, 1.82) is 0 Å². The van der Waals surface area contributed by atoms with Crippen molar-refractivity contribution >= 4 is 27.3 Å². The van der Waals surface area contributed by atoms with Crippen molar-refractivity contribution in [2.45, 2.75) is 24.1 Å². The lowest BCUT2D eigenvalue weighted by Gasteiger charge is -2.38. The zero-order valence-corrected chi connectivity index (χ0v) is 13.1. The molecule has 0 aliphatic carbocycles. The number of carboxylic acid groups (broad SMARTS) is 1. The number of piperazine rings is 1. The van der Waals surface area contributed by atoms with E-state index in [1.165, 1.54) is 15.8 Å². The van der Waals surface area contributed by atoms with Gasteiger partial charge in [-0.05, 0) is 19.5 Å². The number of carbonyl (C=O) groups is 1. The first-order valence-corrected chi connectivity index (χ1v) is 8.74. The van der Waals surface area contributed by atoms with Crippen molar-refractivity contribution in [3.63, 3.8) is 0 Å². The SMILES string of the molecule is CCN1CCN(S(=O)(=O)c2cc(C(=O)O)cs2)CC1C. The molecule has 1 aliphatic heterocycles. The lowest BCUT2D eigenvalue weighted by atomic mass is 10.2. The Bertz CT molecular complexity index is 596. The molecule has 1 N–H and O–H groups in total. The zero-order chi connectivity index (χ0) is 14.9. The van der Waals surface area contributed by atoms with Crippen molar-refractivity contribution in [2.75, 3.05) is 26.2 Å². The highest BCUT2D eigenvalue weighted by molar-refractivity contribution is 7.91. The smallest absolute Gasteiger partial charge is 0.336 e. The van der Waals surface area contributed by atoms with Crippen LogP contribution in [0.3, 0.4) is 0 Å². The lowest BCUT2D eigenvalue weighted by molar-refractivity contribution is 0.0697. The normalized spacial score (nSPS) is 22.0. The van der Waals surface area contributed by atoms with Crippen LogP contribution >= 0.6 is 11.3 Å². The highest BCUT2D eigenvalue weighted by atomic mass is 32.2. The summed E-state index contributed by atoms with van der Waals surface area (Å²) in [6.07, 6.45) is 0. The molecule has 0 aromatic carbocycles. The minimum Gasteiger partial charge on any atom is -0.478 e. The molecule has 1 saturated heterocycles. The van der Waals surface area contributed by atoms with E-state index in [1.807, 2.05) is 6.92 Å². The Kier molecular flexibility index (Phi) is 4.48. The fourth-order valence-corrected chi connectivity index (χ4v) is 5.16. The van der Waals surface area contributed by atoms with E-state index >= 15 is 0 Å². The summed E-state index contributed by atoms with van der Waals surface area (Å²) >= 11 is 0.962. The van der Waals surface area contributed by atoms with Crippen molar-refractivity contribution in [1.82, 2.24) is 9.21 Å². The van der Waals surface area contributed by atoms with E-state index in [4.69, 9.17) is 5.11 Å². The van der Waals surface area contributed by atoms with Crippen molar-refractivity contribution in [2.24, 2.45) is 0 Å². The summed E-state index contributed by atoms with van der Waals surface area (Å²) in [5.41, 5.74) is 0.0221. The molecule has 1 aromatic heterocycles. The summed E-state index contributed by atoms with van der Waals surface area (Å²) in [5.74, 6) is -1.10. The maximum atomic E-state index is 12.5. The molecule has 20 heavy (non-hydrogen) atoms. The molecular weight excluding hydrogens is 300 g/mol. The summed E-state index contributed by atoms with van der Waals surface area (Å²) in [6, 6.07) is 1.40. The lowest BCUT2D eigenvalue weighted by Crippen LogP contribution is -2.53. The van der Waals surface area contributed by atoms with Gasteiger partial charge in [0, 0.05) is 31.1 Å². The van der Waals surface area contributed by atoms with Crippen LogP contribution in [0.5, 0.6) is 0 Å². The highest BCUT2D eigenvalue weighted by Crippen LogP contribution is 2.25. The van der Waals surface area contributed by atoms with Crippen LogP contribution in [0.4, 0.5) is 0 Å². The van der Waals surface area contributed by atoms with E-state index in [0.717, 1.165) is 17.9 Å². The van der Waals surface area contributed by atoms with Crippen LogP contribution in [0.25, 0.3) is 0 Å². The van der Waals surface area contributed by atoms with Crippen molar-refractivity contribution < 1.29 is 18.3 Å². The van der Waals surface area contributed by atoms with Gasteiger partial charge in [-0.1, -0.05) is 6.92 Å². The van der Waals surface area contributed by atoms with Gasteiger partial charge in [0.15, 0.2) is 0 Å². The second-order valence-corrected chi connectivity index (χ2v) is 7.88. The molecule has 0 radical (unpaired) electrons. The van der Waals surface area contributed by atoms with Crippen LogP contribution in [0, 0.1) is 0 Å². The molecule has 0 saturated carbocycles. The summed E-state index contributed by atoms with van der Waals surface area (Å²) in [5, 5.41) is 10.2.